The van der Waals surface area contributed by atoms with Gasteiger partial charge in [0.15, 0.2) is 0 Å². The molecule has 0 aliphatic carbocycles. The molecule has 0 radical (unpaired) electrons. The zero-order valence-electron chi connectivity index (χ0n) is 18.9. The van der Waals surface area contributed by atoms with Crippen molar-refractivity contribution in [1.29, 1.82) is 0 Å². The number of carbonyl (C=O) groups is 4. The predicted molar refractivity (Wildman–Crippen MR) is 119 cm³/mol. The Hall–Kier alpha value is -2.72. The Bertz CT molecular complexity index is 659. The summed E-state index contributed by atoms with van der Waals surface area (Å²) in [6.45, 7) is 4.25. The Morgan fingerprint density at radius 3 is 1.53 bits per heavy atom. The fourth-order valence-electron chi connectivity index (χ4n) is 3.16. The van der Waals surface area contributed by atoms with Crippen LogP contribution < -0.4 is 21.3 Å². The second-order valence-corrected chi connectivity index (χ2v) is 7.92. The molecule has 4 amide bonds. The standard InChI is InChI=1S/C22H36N4O6/c1-15(7-11-27)13-19(29)23-9-3-5-17-21(31)26-18(22(32)25-17)6-4-10-24-20(30)14-16(2)8-12-28/h13-14,17-18,27-28H,3-12H2,1-2H3,(H,23,29)(H,24,30)(H,25,32)(H,26,31)/b15-13+,16-14+/t17-,18-/m1/s1. The molecule has 1 fully saturated rings. The normalized spacial score (nSPS) is 19.2. The van der Waals surface area contributed by atoms with Crippen LogP contribution in [0.4, 0.5) is 0 Å². The van der Waals surface area contributed by atoms with Crippen LogP contribution in [0.1, 0.15) is 52.4 Å². The van der Waals surface area contributed by atoms with Gasteiger partial charge in [-0.3, -0.25) is 19.2 Å². The van der Waals surface area contributed by atoms with Crippen LogP contribution in [-0.4, -0.2) is 72.2 Å². The maximum Gasteiger partial charge on any atom is 0.243 e. The maximum absolute atomic E-state index is 12.3. The monoisotopic (exact) mass is 452 g/mol. The number of hydrogen-bond acceptors (Lipinski definition) is 6. The van der Waals surface area contributed by atoms with E-state index in [4.69, 9.17) is 10.2 Å². The summed E-state index contributed by atoms with van der Waals surface area (Å²) in [6.07, 6.45) is 5.61. The van der Waals surface area contributed by atoms with Crippen molar-refractivity contribution < 1.29 is 29.4 Å². The lowest BCUT2D eigenvalue weighted by molar-refractivity contribution is -0.137. The van der Waals surface area contributed by atoms with Crippen molar-refractivity contribution in [2.75, 3.05) is 26.3 Å². The first-order chi connectivity index (χ1) is 15.3. The van der Waals surface area contributed by atoms with E-state index in [9.17, 15) is 19.2 Å². The molecule has 1 saturated heterocycles. The summed E-state index contributed by atoms with van der Waals surface area (Å²) in [6, 6.07) is -1.27. The Morgan fingerprint density at radius 1 is 0.812 bits per heavy atom. The molecule has 2 atom stereocenters. The second kappa shape index (κ2) is 15.1. The highest BCUT2D eigenvalue weighted by Gasteiger charge is 2.32. The number of hydrogen-bond donors (Lipinski definition) is 6. The average molecular weight is 453 g/mol. The van der Waals surface area contributed by atoms with Crippen molar-refractivity contribution in [3.8, 4) is 0 Å². The minimum Gasteiger partial charge on any atom is -0.396 e. The number of rotatable bonds is 14. The summed E-state index contributed by atoms with van der Waals surface area (Å²) >= 11 is 0. The Kier molecular flexibility index (Phi) is 12.9. The van der Waals surface area contributed by atoms with E-state index >= 15 is 0 Å². The molecule has 1 rings (SSSR count). The van der Waals surface area contributed by atoms with Crippen LogP contribution >= 0.6 is 0 Å². The molecule has 0 bridgehead atoms. The van der Waals surface area contributed by atoms with Crippen molar-refractivity contribution in [3.63, 3.8) is 0 Å². The molecule has 1 aliphatic rings. The Balaban J connectivity index is 2.28. The third-order valence-electron chi connectivity index (χ3n) is 4.97. The highest BCUT2D eigenvalue weighted by molar-refractivity contribution is 5.96. The van der Waals surface area contributed by atoms with Gasteiger partial charge in [0.25, 0.3) is 0 Å². The molecular formula is C22H36N4O6. The van der Waals surface area contributed by atoms with Crippen molar-refractivity contribution in [1.82, 2.24) is 21.3 Å². The fraction of sp³-hybridized carbons (Fsp3) is 0.636. The number of aliphatic hydroxyl groups is 2. The van der Waals surface area contributed by atoms with Gasteiger partial charge in [-0.05, 0) is 52.4 Å². The number of amides is 4. The summed E-state index contributed by atoms with van der Waals surface area (Å²) in [5, 5.41) is 28.5. The molecule has 180 valence electrons. The fourth-order valence-corrected chi connectivity index (χ4v) is 3.16. The van der Waals surface area contributed by atoms with Crippen LogP contribution in [-0.2, 0) is 19.2 Å². The zero-order valence-corrected chi connectivity index (χ0v) is 18.9. The molecular weight excluding hydrogens is 416 g/mol. The summed E-state index contributed by atoms with van der Waals surface area (Å²) in [4.78, 5) is 48.0. The molecule has 0 unspecified atom stereocenters. The van der Waals surface area contributed by atoms with Gasteiger partial charge in [0.05, 0.1) is 0 Å². The average Bonchev–Trinajstić information content (AvgIpc) is 2.71. The highest BCUT2D eigenvalue weighted by Crippen LogP contribution is 2.08. The smallest absolute Gasteiger partial charge is 0.243 e. The molecule has 1 heterocycles. The van der Waals surface area contributed by atoms with Crippen molar-refractivity contribution >= 4 is 23.6 Å². The van der Waals surface area contributed by atoms with Crippen molar-refractivity contribution in [2.24, 2.45) is 0 Å². The minimum atomic E-state index is -0.637. The van der Waals surface area contributed by atoms with E-state index in [1.807, 2.05) is 0 Å². The van der Waals surface area contributed by atoms with Crippen molar-refractivity contribution in [3.05, 3.63) is 23.3 Å². The number of piperazine rings is 1. The molecule has 0 aromatic carbocycles. The van der Waals surface area contributed by atoms with Gasteiger partial charge in [0, 0.05) is 38.5 Å². The SMILES string of the molecule is C/C(=C\C(=O)NCCC[C@H]1NC(=O)[C@@H](CCCNC(=O)/C=C(\C)CCO)NC1=O)CCO. The summed E-state index contributed by atoms with van der Waals surface area (Å²) in [5.74, 6) is -1.02. The Labute approximate surface area is 188 Å². The summed E-state index contributed by atoms with van der Waals surface area (Å²) < 4.78 is 0. The van der Waals surface area contributed by atoms with Gasteiger partial charge >= 0.3 is 0 Å². The van der Waals surface area contributed by atoms with Gasteiger partial charge in [-0.15, -0.1) is 0 Å². The molecule has 1 aliphatic heterocycles. The first-order valence-corrected chi connectivity index (χ1v) is 11.0. The molecule has 10 nitrogen and oxygen atoms in total. The largest absolute Gasteiger partial charge is 0.396 e. The molecule has 0 aromatic rings. The number of carbonyl (C=O) groups excluding carboxylic acids is 4. The van der Waals surface area contributed by atoms with E-state index in [1.165, 1.54) is 12.2 Å². The predicted octanol–water partition coefficient (Wildman–Crippen LogP) is -0.580. The van der Waals surface area contributed by atoms with Gasteiger partial charge in [0.2, 0.25) is 23.6 Å². The third-order valence-corrected chi connectivity index (χ3v) is 4.97. The molecule has 32 heavy (non-hydrogen) atoms. The Morgan fingerprint density at radius 2 is 1.19 bits per heavy atom. The van der Waals surface area contributed by atoms with E-state index in [0.717, 1.165) is 11.1 Å². The highest BCUT2D eigenvalue weighted by atomic mass is 16.3. The quantitative estimate of drug-likeness (QED) is 0.153. The molecule has 6 N–H and O–H groups in total. The van der Waals surface area contributed by atoms with E-state index in [2.05, 4.69) is 21.3 Å². The van der Waals surface area contributed by atoms with Crippen LogP contribution in [0, 0.1) is 0 Å². The molecule has 10 heteroatoms. The van der Waals surface area contributed by atoms with Crippen LogP contribution in [0.25, 0.3) is 0 Å². The van der Waals surface area contributed by atoms with Gasteiger partial charge in [-0.1, -0.05) is 11.1 Å². The number of aliphatic hydroxyl groups excluding tert-OH is 2. The molecule has 0 spiro atoms. The molecule has 0 saturated carbocycles. The van der Waals surface area contributed by atoms with E-state index in [-0.39, 0.29) is 36.8 Å². The van der Waals surface area contributed by atoms with E-state index in [0.29, 0.717) is 51.6 Å². The summed E-state index contributed by atoms with van der Waals surface area (Å²) in [5.41, 5.74) is 1.56. The maximum atomic E-state index is 12.3. The first-order valence-electron chi connectivity index (χ1n) is 11.0. The van der Waals surface area contributed by atoms with Crippen LogP contribution in [0.3, 0.4) is 0 Å². The van der Waals surface area contributed by atoms with Gasteiger partial charge in [-0.2, -0.15) is 0 Å². The zero-order chi connectivity index (χ0) is 23.9. The first kappa shape index (κ1) is 27.3. The lowest BCUT2D eigenvalue weighted by Crippen LogP contribution is -2.61. The van der Waals surface area contributed by atoms with E-state index in [1.54, 1.807) is 13.8 Å². The van der Waals surface area contributed by atoms with Crippen LogP contribution in [0.2, 0.25) is 0 Å². The van der Waals surface area contributed by atoms with Gasteiger partial charge in [0.1, 0.15) is 12.1 Å². The van der Waals surface area contributed by atoms with Crippen molar-refractivity contribution in [2.45, 2.75) is 64.5 Å². The lowest BCUT2D eigenvalue weighted by atomic mass is 10.0. The van der Waals surface area contributed by atoms with Gasteiger partial charge < -0.3 is 31.5 Å². The van der Waals surface area contributed by atoms with Crippen LogP contribution in [0.5, 0.6) is 0 Å². The lowest BCUT2D eigenvalue weighted by Gasteiger charge is -2.29. The van der Waals surface area contributed by atoms with Gasteiger partial charge in [-0.25, -0.2) is 0 Å². The third kappa shape index (κ3) is 11.1. The number of nitrogens with one attached hydrogen (secondary N) is 4. The van der Waals surface area contributed by atoms with Crippen LogP contribution in [0.15, 0.2) is 23.3 Å². The van der Waals surface area contributed by atoms with E-state index < -0.39 is 12.1 Å². The minimum absolute atomic E-state index is 0.00972. The molecule has 0 aromatic heterocycles. The topological polar surface area (TPSA) is 157 Å². The summed E-state index contributed by atoms with van der Waals surface area (Å²) in [7, 11) is 0. The second-order valence-electron chi connectivity index (χ2n) is 7.92.